The van der Waals surface area contributed by atoms with Crippen LogP contribution in [0.4, 0.5) is 5.69 Å². The van der Waals surface area contributed by atoms with Gasteiger partial charge in [-0.25, -0.2) is 13.1 Å². The minimum Gasteiger partial charge on any atom is -0.370 e. The number of nitrogens with one attached hydrogen (secondary N) is 2. The minimum absolute atomic E-state index is 0.133. The molecule has 5 nitrogen and oxygen atoms in total. The van der Waals surface area contributed by atoms with Gasteiger partial charge in [-0.15, -0.1) is 0 Å². The molecule has 0 bridgehead atoms. The molecule has 25 heavy (non-hydrogen) atoms. The summed E-state index contributed by atoms with van der Waals surface area (Å²) in [6, 6.07) is 6.10. The van der Waals surface area contributed by atoms with Crippen LogP contribution in [-0.4, -0.2) is 39.8 Å². The second-order valence-electron chi connectivity index (χ2n) is 6.25. The Morgan fingerprint density at radius 1 is 1.16 bits per heavy atom. The van der Waals surface area contributed by atoms with Gasteiger partial charge >= 0.3 is 0 Å². The van der Waals surface area contributed by atoms with Crippen molar-refractivity contribution in [1.82, 2.24) is 9.62 Å². The molecule has 3 atom stereocenters. The number of anilines is 1. The monoisotopic (exact) mass is 371 g/mol. The molecule has 0 spiro atoms. The third-order valence-electron chi connectivity index (χ3n) is 4.08. The maximum absolute atomic E-state index is 11.6. The quantitative estimate of drug-likeness (QED) is 0.772. The van der Waals surface area contributed by atoms with E-state index in [4.69, 9.17) is 0 Å². The molecule has 0 fully saturated rings. The van der Waals surface area contributed by atoms with Crippen LogP contribution in [-0.2, 0) is 16.4 Å². The summed E-state index contributed by atoms with van der Waals surface area (Å²) in [6.07, 6.45) is 2.34. The van der Waals surface area contributed by atoms with Gasteiger partial charge in [0.2, 0.25) is 10.0 Å². The Bertz CT molecular complexity index is 615. The van der Waals surface area contributed by atoms with Crippen molar-refractivity contribution in [3.05, 3.63) is 29.3 Å². The number of sulfonamides is 1. The van der Waals surface area contributed by atoms with Gasteiger partial charge in [-0.1, -0.05) is 40.7 Å². The van der Waals surface area contributed by atoms with E-state index in [2.05, 4.69) is 47.0 Å². The SMILES string of the molecule is CC.CC.CC1Cc2ccc(NC(C)N(C)C)cc2C1NS(C)(=O)=O. The van der Waals surface area contributed by atoms with Crippen LogP contribution >= 0.6 is 0 Å². The molecule has 0 radical (unpaired) electrons. The minimum atomic E-state index is -3.21. The summed E-state index contributed by atoms with van der Waals surface area (Å²) < 4.78 is 25.9. The predicted octanol–water partition coefficient (Wildman–Crippen LogP) is 3.84. The summed E-state index contributed by atoms with van der Waals surface area (Å²) in [5.74, 6) is 0.274. The number of fused-ring (bicyclic) bond motifs is 1. The molecule has 0 aliphatic heterocycles. The molecule has 1 aliphatic rings. The first-order valence-corrected chi connectivity index (χ1v) is 11.1. The fraction of sp³-hybridized carbons (Fsp3) is 0.684. The Labute approximate surface area is 155 Å². The van der Waals surface area contributed by atoms with Crippen LogP contribution in [0.1, 0.15) is 58.7 Å². The van der Waals surface area contributed by atoms with E-state index in [0.717, 1.165) is 17.7 Å². The van der Waals surface area contributed by atoms with Gasteiger partial charge in [-0.3, -0.25) is 4.90 Å². The second-order valence-corrected chi connectivity index (χ2v) is 8.03. The van der Waals surface area contributed by atoms with Crippen LogP contribution in [0.25, 0.3) is 0 Å². The molecule has 2 rings (SSSR count). The average molecular weight is 372 g/mol. The largest absolute Gasteiger partial charge is 0.370 e. The summed E-state index contributed by atoms with van der Waals surface area (Å²) in [5.41, 5.74) is 3.33. The lowest BCUT2D eigenvalue weighted by Gasteiger charge is -2.23. The zero-order valence-electron chi connectivity index (χ0n) is 17.3. The molecule has 6 heteroatoms. The molecule has 146 valence electrons. The molecule has 2 N–H and O–H groups in total. The van der Waals surface area contributed by atoms with E-state index in [9.17, 15) is 8.42 Å². The number of hydrogen-bond donors (Lipinski definition) is 2. The van der Waals surface area contributed by atoms with E-state index >= 15 is 0 Å². The maximum atomic E-state index is 11.6. The van der Waals surface area contributed by atoms with Crippen LogP contribution in [0.5, 0.6) is 0 Å². The fourth-order valence-electron chi connectivity index (χ4n) is 2.71. The highest BCUT2D eigenvalue weighted by Gasteiger charge is 2.31. The molecular weight excluding hydrogens is 334 g/mol. The van der Waals surface area contributed by atoms with Crippen LogP contribution < -0.4 is 10.0 Å². The van der Waals surface area contributed by atoms with Crippen molar-refractivity contribution < 1.29 is 8.42 Å². The number of nitrogens with zero attached hydrogens (tertiary/aromatic N) is 1. The Balaban J connectivity index is 0.00000134. The van der Waals surface area contributed by atoms with Gasteiger partial charge in [-0.05, 0) is 56.6 Å². The van der Waals surface area contributed by atoms with Gasteiger partial charge in [-0.2, -0.15) is 0 Å². The molecular formula is C19H37N3O2S. The summed E-state index contributed by atoms with van der Waals surface area (Å²) >= 11 is 0. The van der Waals surface area contributed by atoms with E-state index in [1.807, 2.05) is 41.8 Å². The van der Waals surface area contributed by atoms with Crippen LogP contribution in [0.15, 0.2) is 18.2 Å². The first-order valence-electron chi connectivity index (χ1n) is 9.20. The van der Waals surface area contributed by atoms with Gasteiger partial charge in [0.15, 0.2) is 0 Å². The molecule has 1 aromatic carbocycles. The van der Waals surface area contributed by atoms with Gasteiger partial charge < -0.3 is 5.32 Å². The van der Waals surface area contributed by atoms with Crippen LogP contribution in [0.2, 0.25) is 0 Å². The average Bonchev–Trinajstić information content (AvgIpc) is 2.85. The number of rotatable bonds is 5. The van der Waals surface area contributed by atoms with Gasteiger partial charge in [0.05, 0.1) is 12.4 Å². The Morgan fingerprint density at radius 2 is 1.72 bits per heavy atom. The third-order valence-corrected chi connectivity index (χ3v) is 4.77. The third kappa shape index (κ3) is 7.34. The van der Waals surface area contributed by atoms with Crippen molar-refractivity contribution >= 4 is 15.7 Å². The molecule has 0 aromatic heterocycles. The summed E-state index contributed by atoms with van der Waals surface area (Å²) in [6.45, 7) is 12.2. The summed E-state index contributed by atoms with van der Waals surface area (Å²) in [5, 5.41) is 3.42. The van der Waals surface area contributed by atoms with E-state index in [1.54, 1.807) is 0 Å². The number of benzene rings is 1. The van der Waals surface area contributed by atoms with Crippen molar-refractivity contribution in [2.24, 2.45) is 5.92 Å². The van der Waals surface area contributed by atoms with E-state index in [-0.39, 0.29) is 18.1 Å². The first kappa shape index (κ1) is 23.9. The zero-order chi connectivity index (χ0) is 19.8. The molecule has 1 aromatic rings. The molecule has 0 amide bonds. The standard InChI is InChI=1S/C15H25N3O2S.2C2H6/c1-10-8-12-6-7-13(16-11(2)18(3)4)9-14(12)15(10)17-21(5,19)20;2*1-2/h6-7,9-11,15-17H,8H2,1-5H3;2*1-2H3. The van der Waals surface area contributed by atoms with E-state index in [1.165, 1.54) is 11.8 Å². The van der Waals surface area contributed by atoms with Crippen molar-refractivity contribution in [2.45, 2.75) is 60.2 Å². The van der Waals surface area contributed by atoms with E-state index in [0.29, 0.717) is 0 Å². The van der Waals surface area contributed by atoms with Gasteiger partial charge in [0, 0.05) is 11.7 Å². The lowest BCUT2D eigenvalue weighted by atomic mass is 10.0. The highest BCUT2D eigenvalue weighted by Crippen LogP contribution is 2.37. The Kier molecular flexibility index (Phi) is 10.3. The highest BCUT2D eigenvalue weighted by atomic mass is 32.2. The maximum Gasteiger partial charge on any atom is 0.209 e. The van der Waals surface area contributed by atoms with Crippen LogP contribution in [0, 0.1) is 5.92 Å². The summed E-state index contributed by atoms with van der Waals surface area (Å²) in [4.78, 5) is 2.09. The van der Waals surface area contributed by atoms with Gasteiger partial charge in [0.1, 0.15) is 0 Å². The lowest BCUT2D eigenvalue weighted by molar-refractivity contribution is 0.343. The van der Waals surface area contributed by atoms with Crippen molar-refractivity contribution in [1.29, 1.82) is 0 Å². The van der Waals surface area contributed by atoms with Crippen LogP contribution in [0.3, 0.4) is 0 Å². The van der Waals surface area contributed by atoms with Crippen molar-refractivity contribution in [3.8, 4) is 0 Å². The smallest absolute Gasteiger partial charge is 0.209 e. The molecule has 3 unspecified atom stereocenters. The second kappa shape index (κ2) is 10.8. The first-order chi connectivity index (χ1) is 11.7. The Morgan fingerprint density at radius 3 is 2.20 bits per heavy atom. The summed E-state index contributed by atoms with van der Waals surface area (Å²) in [7, 11) is 0.819. The fourth-order valence-corrected chi connectivity index (χ4v) is 3.53. The lowest BCUT2D eigenvalue weighted by Crippen LogP contribution is -2.32. The molecule has 1 aliphatic carbocycles. The topological polar surface area (TPSA) is 61.4 Å². The number of hydrogen-bond acceptors (Lipinski definition) is 4. The molecule has 0 saturated heterocycles. The zero-order valence-corrected chi connectivity index (χ0v) is 18.2. The molecule has 0 saturated carbocycles. The van der Waals surface area contributed by atoms with Crippen molar-refractivity contribution in [3.63, 3.8) is 0 Å². The van der Waals surface area contributed by atoms with Gasteiger partial charge in [0.25, 0.3) is 0 Å². The van der Waals surface area contributed by atoms with Crippen molar-refractivity contribution in [2.75, 3.05) is 25.7 Å². The Hall–Kier alpha value is -1.11. The van der Waals surface area contributed by atoms with E-state index < -0.39 is 10.0 Å². The highest BCUT2D eigenvalue weighted by molar-refractivity contribution is 7.88. The normalized spacial score (nSPS) is 19.9. The molecule has 0 heterocycles. The predicted molar refractivity (Wildman–Crippen MR) is 109 cm³/mol.